The normalized spacial score (nSPS) is 31.6. The van der Waals surface area contributed by atoms with Gasteiger partial charge in [0.1, 0.15) is 0 Å². The number of benzene rings is 1. The molecule has 3 rings (SSSR count). The largest absolute Gasteiger partial charge is 0.393 e. The molecule has 3 unspecified atom stereocenters. The van der Waals surface area contributed by atoms with Crippen LogP contribution < -0.4 is 0 Å². The third-order valence-electron chi connectivity index (χ3n) is 5.32. The Labute approximate surface area is 122 Å². The van der Waals surface area contributed by atoms with Crippen molar-refractivity contribution in [1.29, 1.82) is 0 Å². The number of nitrogens with zero attached hydrogens (tertiary/aromatic N) is 1. The molecule has 2 nitrogen and oxygen atoms in total. The Balaban J connectivity index is 1.71. The van der Waals surface area contributed by atoms with Crippen molar-refractivity contribution in [2.75, 3.05) is 6.54 Å². The van der Waals surface area contributed by atoms with Gasteiger partial charge in [-0.2, -0.15) is 0 Å². The maximum atomic E-state index is 10.3. The third kappa shape index (κ3) is 2.91. The molecule has 110 valence electrons. The van der Waals surface area contributed by atoms with Gasteiger partial charge in [-0.15, -0.1) is 0 Å². The average molecular weight is 273 g/mol. The molecular formula is C18H27NO. The first-order valence-corrected chi connectivity index (χ1v) is 8.22. The molecule has 1 aliphatic heterocycles. The first kappa shape index (κ1) is 14.1. The summed E-state index contributed by atoms with van der Waals surface area (Å²) in [6, 6.07) is 9.32. The van der Waals surface area contributed by atoms with Crippen LogP contribution in [0.25, 0.3) is 0 Å². The van der Waals surface area contributed by atoms with Crippen molar-refractivity contribution < 1.29 is 5.11 Å². The maximum absolute atomic E-state index is 10.3. The van der Waals surface area contributed by atoms with Crippen LogP contribution in [-0.4, -0.2) is 28.7 Å². The fourth-order valence-corrected chi connectivity index (χ4v) is 4.13. The van der Waals surface area contributed by atoms with Crippen LogP contribution in [0.5, 0.6) is 0 Å². The van der Waals surface area contributed by atoms with Gasteiger partial charge in [0.2, 0.25) is 0 Å². The zero-order valence-corrected chi connectivity index (χ0v) is 12.6. The van der Waals surface area contributed by atoms with Crippen molar-refractivity contribution in [2.24, 2.45) is 5.92 Å². The van der Waals surface area contributed by atoms with Gasteiger partial charge in [-0.1, -0.05) is 37.1 Å². The second-order valence-corrected chi connectivity index (χ2v) is 6.62. The Kier molecular flexibility index (Phi) is 4.42. The molecule has 2 heteroatoms. The lowest BCUT2D eigenvalue weighted by atomic mass is 9.80. The first-order chi connectivity index (χ1) is 9.75. The van der Waals surface area contributed by atoms with Crippen molar-refractivity contribution in [3.63, 3.8) is 0 Å². The van der Waals surface area contributed by atoms with Crippen LogP contribution in [0.2, 0.25) is 0 Å². The highest BCUT2D eigenvalue weighted by atomic mass is 16.3. The highest BCUT2D eigenvalue weighted by Gasteiger charge is 2.36. The molecule has 1 heterocycles. The molecule has 2 aliphatic rings. The lowest BCUT2D eigenvalue weighted by molar-refractivity contribution is 0.0201. The Bertz CT molecular complexity index is 445. The van der Waals surface area contributed by atoms with Crippen molar-refractivity contribution >= 4 is 0 Å². The zero-order valence-electron chi connectivity index (χ0n) is 12.6. The summed E-state index contributed by atoms with van der Waals surface area (Å²) in [5.41, 5.74) is 2.84. The lowest BCUT2D eigenvalue weighted by Gasteiger charge is -2.37. The predicted molar refractivity (Wildman–Crippen MR) is 82.6 cm³/mol. The molecule has 1 saturated heterocycles. The van der Waals surface area contributed by atoms with E-state index >= 15 is 0 Å². The SMILES string of the molecule is Cc1ccccc1CN1CCCC1C1CCCCC1O. The van der Waals surface area contributed by atoms with E-state index in [0.717, 1.165) is 13.0 Å². The van der Waals surface area contributed by atoms with Gasteiger partial charge in [-0.05, 0) is 50.3 Å². The molecule has 0 radical (unpaired) electrons. The molecule has 1 saturated carbocycles. The van der Waals surface area contributed by atoms with E-state index in [1.165, 1.54) is 49.8 Å². The van der Waals surface area contributed by atoms with Gasteiger partial charge >= 0.3 is 0 Å². The molecule has 3 atom stereocenters. The number of hydrogen-bond acceptors (Lipinski definition) is 2. The highest BCUT2D eigenvalue weighted by Crippen LogP contribution is 2.35. The van der Waals surface area contributed by atoms with Crippen LogP contribution >= 0.6 is 0 Å². The highest BCUT2D eigenvalue weighted by molar-refractivity contribution is 5.25. The fourth-order valence-electron chi connectivity index (χ4n) is 4.13. The summed E-state index contributed by atoms with van der Waals surface area (Å²) in [6.45, 7) is 4.46. The van der Waals surface area contributed by atoms with Crippen molar-refractivity contribution in [3.05, 3.63) is 35.4 Å². The van der Waals surface area contributed by atoms with Crippen LogP contribution in [0.3, 0.4) is 0 Å². The Morgan fingerprint density at radius 1 is 1.10 bits per heavy atom. The minimum absolute atomic E-state index is 0.0637. The minimum atomic E-state index is -0.0637. The fraction of sp³-hybridized carbons (Fsp3) is 0.667. The standard InChI is InChI=1S/C18H27NO/c1-14-7-2-3-8-15(14)13-19-12-6-10-17(19)16-9-4-5-11-18(16)20/h2-3,7-8,16-18,20H,4-6,9-13H2,1H3. The molecule has 1 aromatic carbocycles. The van der Waals surface area contributed by atoms with Crippen molar-refractivity contribution in [3.8, 4) is 0 Å². The summed E-state index contributed by atoms with van der Waals surface area (Å²) < 4.78 is 0. The number of hydrogen-bond donors (Lipinski definition) is 1. The molecule has 0 spiro atoms. The molecule has 1 N–H and O–H groups in total. The lowest BCUT2D eigenvalue weighted by Crippen LogP contribution is -2.42. The van der Waals surface area contributed by atoms with Crippen LogP contribution in [0.15, 0.2) is 24.3 Å². The smallest absolute Gasteiger partial charge is 0.0583 e. The van der Waals surface area contributed by atoms with E-state index in [1.807, 2.05) is 0 Å². The van der Waals surface area contributed by atoms with E-state index in [9.17, 15) is 5.11 Å². The summed E-state index contributed by atoms with van der Waals surface area (Å²) in [5, 5.41) is 10.3. The number of likely N-dealkylation sites (tertiary alicyclic amines) is 1. The molecule has 2 fully saturated rings. The van der Waals surface area contributed by atoms with E-state index in [4.69, 9.17) is 0 Å². The van der Waals surface area contributed by atoms with Gasteiger partial charge in [0.05, 0.1) is 6.10 Å². The Morgan fingerprint density at radius 3 is 2.70 bits per heavy atom. The minimum Gasteiger partial charge on any atom is -0.393 e. The topological polar surface area (TPSA) is 23.5 Å². The summed E-state index contributed by atoms with van der Waals surface area (Å²) in [6.07, 6.45) is 7.24. The second kappa shape index (κ2) is 6.28. The van der Waals surface area contributed by atoms with E-state index in [-0.39, 0.29) is 6.10 Å². The predicted octanol–water partition coefficient (Wildman–Crippen LogP) is 3.51. The number of rotatable bonds is 3. The number of aliphatic hydroxyl groups excluding tert-OH is 1. The molecule has 0 bridgehead atoms. The molecular weight excluding hydrogens is 246 g/mol. The molecule has 20 heavy (non-hydrogen) atoms. The second-order valence-electron chi connectivity index (χ2n) is 6.62. The van der Waals surface area contributed by atoms with Crippen LogP contribution in [0.4, 0.5) is 0 Å². The Hall–Kier alpha value is -0.860. The van der Waals surface area contributed by atoms with Gasteiger partial charge in [0.15, 0.2) is 0 Å². The van der Waals surface area contributed by atoms with E-state index < -0.39 is 0 Å². The number of aliphatic hydroxyl groups is 1. The van der Waals surface area contributed by atoms with Gasteiger partial charge in [-0.25, -0.2) is 0 Å². The van der Waals surface area contributed by atoms with Gasteiger partial charge in [0.25, 0.3) is 0 Å². The zero-order chi connectivity index (χ0) is 13.9. The molecule has 0 aromatic heterocycles. The van der Waals surface area contributed by atoms with E-state index in [1.54, 1.807) is 0 Å². The van der Waals surface area contributed by atoms with Gasteiger partial charge < -0.3 is 5.11 Å². The Morgan fingerprint density at radius 2 is 1.90 bits per heavy atom. The average Bonchev–Trinajstić information content (AvgIpc) is 2.90. The van der Waals surface area contributed by atoms with Gasteiger partial charge in [-0.3, -0.25) is 4.90 Å². The third-order valence-corrected chi connectivity index (χ3v) is 5.32. The van der Waals surface area contributed by atoms with Crippen LogP contribution in [0.1, 0.15) is 49.7 Å². The maximum Gasteiger partial charge on any atom is 0.0583 e. The summed E-state index contributed by atoms with van der Waals surface area (Å²) in [5.74, 6) is 0.510. The summed E-state index contributed by atoms with van der Waals surface area (Å²) in [4.78, 5) is 2.63. The van der Waals surface area contributed by atoms with Crippen molar-refractivity contribution in [2.45, 2.75) is 64.1 Å². The first-order valence-electron chi connectivity index (χ1n) is 8.22. The van der Waals surface area contributed by atoms with Crippen molar-refractivity contribution in [1.82, 2.24) is 4.90 Å². The summed E-state index contributed by atoms with van der Waals surface area (Å²) >= 11 is 0. The monoisotopic (exact) mass is 273 g/mol. The summed E-state index contributed by atoms with van der Waals surface area (Å²) in [7, 11) is 0. The molecule has 1 aliphatic carbocycles. The van der Waals surface area contributed by atoms with E-state index in [2.05, 4.69) is 36.1 Å². The van der Waals surface area contributed by atoms with E-state index in [0.29, 0.717) is 12.0 Å². The van der Waals surface area contributed by atoms with Gasteiger partial charge in [0, 0.05) is 18.5 Å². The number of aryl methyl sites for hydroxylation is 1. The van der Waals surface area contributed by atoms with Crippen LogP contribution in [-0.2, 0) is 6.54 Å². The van der Waals surface area contributed by atoms with Crippen LogP contribution in [0, 0.1) is 12.8 Å². The molecule has 1 aromatic rings. The molecule has 0 amide bonds. The quantitative estimate of drug-likeness (QED) is 0.911.